The lowest BCUT2D eigenvalue weighted by Gasteiger charge is -2.32. The van der Waals surface area contributed by atoms with E-state index in [0.717, 1.165) is 24.8 Å². The van der Waals surface area contributed by atoms with Crippen molar-refractivity contribution in [2.75, 3.05) is 6.54 Å². The molecule has 1 heterocycles. The van der Waals surface area contributed by atoms with E-state index in [1.54, 1.807) is 29.4 Å². The smallest absolute Gasteiger partial charge is 0.243 e. The summed E-state index contributed by atoms with van der Waals surface area (Å²) in [6, 6.07) is 5.16. The Bertz CT molecular complexity index is 554. The number of rotatable bonds is 3. The van der Waals surface area contributed by atoms with E-state index in [0.29, 0.717) is 17.0 Å². The first-order valence-electron chi connectivity index (χ1n) is 6.69. The molecule has 1 saturated heterocycles. The molecular formula is C14H21NO3S. The number of hydrogen-bond acceptors (Lipinski definition) is 3. The van der Waals surface area contributed by atoms with Crippen LogP contribution in [0.4, 0.5) is 0 Å². The summed E-state index contributed by atoms with van der Waals surface area (Å²) in [5, 5.41) is 9.17. The van der Waals surface area contributed by atoms with Gasteiger partial charge in [-0.2, -0.15) is 4.31 Å². The average Bonchev–Trinajstić information content (AvgIpc) is 2.39. The van der Waals surface area contributed by atoms with Crippen LogP contribution in [-0.4, -0.2) is 30.4 Å². The van der Waals surface area contributed by atoms with E-state index < -0.39 is 10.0 Å². The zero-order valence-corrected chi connectivity index (χ0v) is 12.3. The summed E-state index contributed by atoms with van der Waals surface area (Å²) >= 11 is 0. The highest BCUT2D eigenvalue weighted by Crippen LogP contribution is 2.27. The van der Waals surface area contributed by atoms with Crippen molar-refractivity contribution in [2.24, 2.45) is 0 Å². The lowest BCUT2D eigenvalue weighted by molar-refractivity contribution is 0.268. The molecule has 1 N–H and O–H groups in total. The number of aliphatic hydroxyl groups is 1. The Morgan fingerprint density at radius 2 is 2.11 bits per heavy atom. The van der Waals surface area contributed by atoms with Gasteiger partial charge in [-0.3, -0.25) is 0 Å². The van der Waals surface area contributed by atoms with Crippen molar-refractivity contribution in [3.8, 4) is 0 Å². The molecule has 1 aromatic rings. The second-order valence-corrected chi connectivity index (χ2v) is 7.08. The van der Waals surface area contributed by atoms with Gasteiger partial charge in [0.15, 0.2) is 0 Å². The minimum Gasteiger partial charge on any atom is -0.392 e. The Labute approximate surface area is 115 Å². The zero-order valence-electron chi connectivity index (χ0n) is 11.5. The number of aryl methyl sites for hydroxylation is 1. The molecule has 4 nitrogen and oxygen atoms in total. The minimum absolute atomic E-state index is 0.0518. The molecule has 0 aliphatic carbocycles. The Hall–Kier alpha value is -0.910. The molecule has 0 aromatic heterocycles. The van der Waals surface area contributed by atoms with Crippen LogP contribution < -0.4 is 0 Å². The Kier molecular flexibility index (Phi) is 4.28. The maximum Gasteiger partial charge on any atom is 0.243 e. The quantitative estimate of drug-likeness (QED) is 0.923. The molecule has 0 bridgehead atoms. The number of benzene rings is 1. The van der Waals surface area contributed by atoms with Gasteiger partial charge in [-0.1, -0.05) is 18.6 Å². The third kappa shape index (κ3) is 2.83. The van der Waals surface area contributed by atoms with Gasteiger partial charge < -0.3 is 5.11 Å². The van der Waals surface area contributed by atoms with Gasteiger partial charge in [0.05, 0.1) is 11.5 Å². The second kappa shape index (κ2) is 5.61. The molecule has 2 rings (SSSR count). The van der Waals surface area contributed by atoms with Crippen LogP contribution in [0, 0.1) is 6.92 Å². The molecule has 19 heavy (non-hydrogen) atoms. The van der Waals surface area contributed by atoms with Crippen LogP contribution in [0.15, 0.2) is 23.1 Å². The van der Waals surface area contributed by atoms with Crippen molar-refractivity contribution in [3.63, 3.8) is 0 Å². The Balaban J connectivity index is 2.43. The number of piperidine rings is 1. The average molecular weight is 283 g/mol. The predicted molar refractivity (Wildman–Crippen MR) is 74.3 cm³/mol. The minimum atomic E-state index is -3.45. The van der Waals surface area contributed by atoms with Crippen LogP contribution >= 0.6 is 0 Å². The Morgan fingerprint density at radius 3 is 2.74 bits per heavy atom. The van der Waals surface area contributed by atoms with E-state index in [-0.39, 0.29) is 12.6 Å². The zero-order chi connectivity index (χ0) is 14.0. The predicted octanol–water partition coefficient (Wildman–Crippen LogP) is 2.05. The van der Waals surface area contributed by atoms with E-state index >= 15 is 0 Å². The maximum absolute atomic E-state index is 12.7. The largest absolute Gasteiger partial charge is 0.392 e. The SMILES string of the molecule is Cc1ccc(CO)cc1S(=O)(=O)N1CCCCC1C. The fraction of sp³-hybridized carbons (Fsp3) is 0.571. The fourth-order valence-electron chi connectivity index (χ4n) is 2.58. The standard InChI is InChI=1S/C14H21NO3S/c1-11-6-7-13(10-16)9-14(11)19(17,18)15-8-4-3-5-12(15)2/h6-7,9,12,16H,3-5,8,10H2,1-2H3. The third-order valence-corrected chi connectivity index (χ3v) is 5.92. The summed E-state index contributed by atoms with van der Waals surface area (Å²) in [6.45, 7) is 4.20. The van der Waals surface area contributed by atoms with Crippen molar-refractivity contribution >= 4 is 10.0 Å². The van der Waals surface area contributed by atoms with Gasteiger partial charge in [0, 0.05) is 12.6 Å². The topological polar surface area (TPSA) is 57.6 Å². The van der Waals surface area contributed by atoms with Gasteiger partial charge in [-0.05, 0) is 43.9 Å². The van der Waals surface area contributed by atoms with Crippen LogP contribution in [-0.2, 0) is 16.6 Å². The third-order valence-electron chi connectivity index (χ3n) is 3.76. The number of aliphatic hydroxyl groups excluding tert-OH is 1. The van der Waals surface area contributed by atoms with Gasteiger partial charge in [0.25, 0.3) is 0 Å². The fourth-order valence-corrected chi connectivity index (χ4v) is 4.55. The monoisotopic (exact) mass is 283 g/mol. The highest BCUT2D eigenvalue weighted by Gasteiger charge is 2.31. The van der Waals surface area contributed by atoms with Crippen LogP contribution in [0.5, 0.6) is 0 Å². The highest BCUT2D eigenvalue weighted by molar-refractivity contribution is 7.89. The van der Waals surface area contributed by atoms with E-state index in [2.05, 4.69) is 0 Å². The molecule has 1 aliphatic heterocycles. The van der Waals surface area contributed by atoms with Gasteiger partial charge in [-0.15, -0.1) is 0 Å². The summed E-state index contributed by atoms with van der Waals surface area (Å²) in [5.41, 5.74) is 1.36. The summed E-state index contributed by atoms with van der Waals surface area (Å²) in [6.07, 6.45) is 2.92. The van der Waals surface area contributed by atoms with E-state index in [4.69, 9.17) is 0 Å². The molecule has 1 aromatic carbocycles. The summed E-state index contributed by atoms with van der Waals surface area (Å²) in [4.78, 5) is 0.327. The molecular weight excluding hydrogens is 262 g/mol. The molecule has 1 atom stereocenters. The van der Waals surface area contributed by atoms with E-state index in [9.17, 15) is 13.5 Å². The maximum atomic E-state index is 12.7. The van der Waals surface area contributed by atoms with Crippen molar-refractivity contribution in [3.05, 3.63) is 29.3 Å². The Morgan fingerprint density at radius 1 is 1.37 bits per heavy atom. The van der Waals surface area contributed by atoms with Crippen molar-refractivity contribution in [1.29, 1.82) is 0 Å². The van der Waals surface area contributed by atoms with Crippen LogP contribution in [0.25, 0.3) is 0 Å². The van der Waals surface area contributed by atoms with Crippen molar-refractivity contribution < 1.29 is 13.5 Å². The molecule has 0 radical (unpaired) electrons. The first-order chi connectivity index (χ1) is 8.96. The van der Waals surface area contributed by atoms with E-state index in [1.165, 1.54) is 0 Å². The molecule has 0 amide bonds. The summed E-state index contributed by atoms with van der Waals surface area (Å²) < 4.78 is 27.1. The summed E-state index contributed by atoms with van der Waals surface area (Å²) in [5.74, 6) is 0. The van der Waals surface area contributed by atoms with Gasteiger partial charge in [-0.25, -0.2) is 8.42 Å². The molecule has 0 spiro atoms. The van der Waals surface area contributed by atoms with Crippen LogP contribution in [0.1, 0.15) is 37.3 Å². The second-order valence-electron chi connectivity index (χ2n) is 5.22. The number of nitrogens with zero attached hydrogens (tertiary/aromatic N) is 1. The lowest BCUT2D eigenvalue weighted by atomic mass is 10.1. The molecule has 1 aliphatic rings. The van der Waals surface area contributed by atoms with Crippen molar-refractivity contribution in [2.45, 2.75) is 50.7 Å². The van der Waals surface area contributed by atoms with Gasteiger partial charge >= 0.3 is 0 Å². The van der Waals surface area contributed by atoms with Gasteiger partial charge in [0.2, 0.25) is 10.0 Å². The normalized spacial score (nSPS) is 21.5. The molecule has 5 heteroatoms. The molecule has 106 valence electrons. The van der Waals surface area contributed by atoms with E-state index in [1.807, 2.05) is 6.92 Å². The lowest BCUT2D eigenvalue weighted by Crippen LogP contribution is -2.42. The molecule has 1 unspecified atom stereocenters. The number of hydrogen-bond donors (Lipinski definition) is 1. The molecule has 0 saturated carbocycles. The van der Waals surface area contributed by atoms with Crippen molar-refractivity contribution in [1.82, 2.24) is 4.31 Å². The first kappa shape index (κ1) is 14.5. The van der Waals surface area contributed by atoms with Crippen LogP contribution in [0.2, 0.25) is 0 Å². The highest BCUT2D eigenvalue weighted by atomic mass is 32.2. The molecule has 1 fully saturated rings. The summed E-state index contributed by atoms with van der Waals surface area (Å²) in [7, 11) is -3.45. The number of sulfonamides is 1. The van der Waals surface area contributed by atoms with Gasteiger partial charge in [0.1, 0.15) is 0 Å². The van der Waals surface area contributed by atoms with Crippen LogP contribution in [0.3, 0.4) is 0 Å². The first-order valence-corrected chi connectivity index (χ1v) is 8.13.